The Bertz CT molecular complexity index is 1040. The zero-order valence-corrected chi connectivity index (χ0v) is 13.6. The predicted molar refractivity (Wildman–Crippen MR) is 92.3 cm³/mol. The van der Waals surface area contributed by atoms with Crippen LogP contribution in [0.1, 0.15) is 35.6 Å². The lowest BCUT2D eigenvalue weighted by Crippen LogP contribution is -2.51. The molecule has 7 heteroatoms. The van der Waals surface area contributed by atoms with Crippen LogP contribution >= 0.6 is 0 Å². The molecule has 5 rings (SSSR count). The molecule has 3 N–H and O–H groups in total. The number of aromatic amines is 1. The highest BCUT2D eigenvalue weighted by Crippen LogP contribution is 2.36. The summed E-state index contributed by atoms with van der Waals surface area (Å²) in [5.74, 6) is -0.707. The first-order chi connectivity index (χ1) is 12.2. The van der Waals surface area contributed by atoms with Crippen molar-refractivity contribution in [2.75, 3.05) is 6.54 Å². The predicted octanol–water partition coefficient (Wildman–Crippen LogP) is 1.91. The molecule has 0 saturated carbocycles. The van der Waals surface area contributed by atoms with Gasteiger partial charge >= 0.3 is 6.03 Å². The van der Waals surface area contributed by atoms with E-state index in [0.717, 1.165) is 53.2 Å². The third-order valence-electron chi connectivity index (χ3n) is 5.27. The Morgan fingerprint density at radius 3 is 2.76 bits per heavy atom. The zero-order chi connectivity index (χ0) is 17.0. The maximum Gasteiger partial charge on any atom is 0.321 e. The van der Waals surface area contributed by atoms with Gasteiger partial charge in [0.2, 0.25) is 5.91 Å². The van der Waals surface area contributed by atoms with Crippen molar-refractivity contribution >= 4 is 33.7 Å². The van der Waals surface area contributed by atoms with Gasteiger partial charge in [0.25, 0.3) is 0 Å². The second kappa shape index (κ2) is 5.27. The first kappa shape index (κ1) is 14.4. The van der Waals surface area contributed by atoms with Gasteiger partial charge < -0.3 is 5.32 Å². The number of rotatable bonds is 1. The fraction of sp³-hybridized carbons (Fsp3) is 0.333. The molecule has 126 valence electrons. The van der Waals surface area contributed by atoms with Crippen LogP contribution in [0, 0.1) is 0 Å². The molecule has 2 aliphatic rings. The van der Waals surface area contributed by atoms with Crippen molar-refractivity contribution < 1.29 is 9.59 Å². The number of carbonyl (C=O) groups is 2. The minimum absolute atomic E-state index is 0.271. The number of urea groups is 1. The van der Waals surface area contributed by atoms with E-state index in [-0.39, 0.29) is 5.91 Å². The summed E-state index contributed by atoms with van der Waals surface area (Å²) in [6.07, 6.45) is 5.97. The third kappa shape index (κ3) is 2.12. The zero-order valence-electron chi connectivity index (χ0n) is 13.6. The van der Waals surface area contributed by atoms with Gasteiger partial charge in [-0.2, -0.15) is 5.10 Å². The molecule has 3 heterocycles. The summed E-state index contributed by atoms with van der Waals surface area (Å²) in [4.78, 5) is 28.6. The molecule has 3 amide bonds. The maximum absolute atomic E-state index is 12.4. The quantitative estimate of drug-likeness (QED) is 0.632. The van der Waals surface area contributed by atoms with Crippen molar-refractivity contribution in [3.05, 3.63) is 35.2 Å². The molecule has 1 aliphatic carbocycles. The number of fused-ring (bicyclic) bond motifs is 5. The molecule has 1 saturated heterocycles. The van der Waals surface area contributed by atoms with Crippen molar-refractivity contribution in [1.82, 2.24) is 25.8 Å². The van der Waals surface area contributed by atoms with Crippen LogP contribution in [0.3, 0.4) is 0 Å². The molecule has 1 unspecified atom stereocenters. The summed E-state index contributed by atoms with van der Waals surface area (Å²) in [6.45, 7) is 0.295. The van der Waals surface area contributed by atoms with Crippen molar-refractivity contribution in [2.24, 2.45) is 0 Å². The van der Waals surface area contributed by atoms with Gasteiger partial charge in [0.05, 0.1) is 28.8 Å². The van der Waals surface area contributed by atoms with Crippen LogP contribution in [-0.2, 0) is 17.6 Å². The van der Waals surface area contributed by atoms with E-state index in [2.05, 4.69) is 20.8 Å². The van der Waals surface area contributed by atoms with E-state index in [1.54, 1.807) is 0 Å². The average Bonchev–Trinajstić information content (AvgIpc) is 3.10. The summed E-state index contributed by atoms with van der Waals surface area (Å²) in [7, 11) is 0. The van der Waals surface area contributed by atoms with Crippen LogP contribution in [0.2, 0.25) is 0 Å². The number of H-pyrrole nitrogens is 1. The van der Waals surface area contributed by atoms with E-state index in [9.17, 15) is 9.59 Å². The Balaban J connectivity index is 1.78. The van der Waals surface area contributed by atoms with E-state index in [4.69, 9.17) is 4.98 Å². The molecule has 1 aliphatic heterocycles. The number of nitrogens with zero attached hydrogens (tertiary/aromatic N) is 2. The highest BCUT2D eigenvalue weighted by atomic mass is 16.2. The van der Waals surface area contributed by atoms with Gasteiger partial charge in [-0.15, -0.1) is 0 Å². The Morgan fingerprint density at radius 1 is 1.08 bits per heavy atom. The third-order valence-corrected chi connectivity index (χ3v) is 5.27. The van der Waals surface area contributed by atoms with Gasteiger partial charge in [0.15, 0.2) is 0 Å². The standard InChI is InChI=1S/C18H17N5O2/c24-17-12(7-19-18(25)22-17)16-10-4-2-1-3-9(10)15-11-8-20-23-13(11)5-6-14(15)21-16/h5-6,8,12H,1-4,7H2,(H,20,23)(H2,19,22,24,25). The van der Waals surface area contributed by atoms with E-state index in [1.807, 2.05) is 18.3 Å². The van der Waals surface area contributed by atoms with Gasteiger partial charge in [-0.05, 0) is 48.9 Å². The number of aryl methyl sites for hydroxylation is 1. The van der Waals surface area contributed by atoms with Crippen LogP contribution in [0.5, 0.6) is 0 Å². The minimum atomic E-state index is -0.436. The number of hydrogen-bond acceptors (Lipinski definition) is 4. The molecule has 25 heavy (non-hydrogen) atoms. The van der Waals surface area contributed by atoms with E-state index in [0.29, 0.717) is 6.54 Å². The van der Waals surface area contributed by atoms with E-state index >= 15 is 0 Å². The molecular weight excluding hydrogens is 318 g/mol. The summed E-state index contributed by atoms with van der Waals surface area (Å²) in [6, 6.07) is 3.52. The van der Waals surface area contributed by atoms with Crippen molar-refractivity contribution in [3.8, 4) is 0 Å². The average molecular weight is 335 g/mol. The smallest absolute Gasteiger partial charge is 0.321 e. The van der Waals surface area contributed by atoms with Gasteiger partial charge in [-0.1, -0.05) is 0 Å². The van der Waals surface area contributed by atoms with Crippen molar-refractivity contribution in [3.63, 3.8) is 0 Å². The number of hydrogen-bond donors (Lipinski definition) is 3. The minimum Gasteiger partial charge on any atom is -0.337 e. The monoisotopic (exact) mass is 335 g/mol. The lowest BCUT2D eigenvalue weighted by Gasteiger charge is -2.27. The highest BCUT2D eigenvalue weighted by Gasteiger charge is 2.32. The van der Waals surface area contributed by atoms with E-state index < -0.39 is 11.9 Å². The Hall–Kier alpha value is -2.96. The molecule has 1 aromatic carbocycles. The van der Waals surface area contributed by atoms with Crippen LogP contribution in [0.25, 0.3) is 21.8 Å². The largest absolute Gasteiger partial charge is 0.337 e. The molecule has 0 spiro atoms. The second-order valence-electron chi connectivity index (χ2n) is 6.70. The van der Waals surface area contributed by atoms with Gasteiger partial charge in [-0.25, -0.2) is 4.79 Å². The molecule has 2 aromatic heterocycles. The summed E-state index contributed by atoms with van der Waals surface area (Å²) in [5.41, 5.74) is 5.14. The number of pyridine rings is 1. The second-order valence-corrected chi connectivity index (χ2v) is 6.70. The molecule has 0 radical (unpaired) electrons. The van der Waals surface area contributed by atoms with Crippen molar-refractivity contribution in [1.29, 1.82) is 0 Å². The molecule has 3 aromatic rings. The molecule has 1 atom stereocenters. The number of benzene rings is 1. The number of imide groups is 1. The van der Waals surface area contributed by atoms with E-state index in [1.165, 1.54) is 11.1 Å². The molecular formula is C18H17N5O2. The molecule has 7 nitrogen and oxygen atoms in total. The van der Waals surface area contributed by atoms with Crippen LogP contribution in [0.15, 0.2) is 18.3 Å². The number of amides is 3. The van der Waals surface area contributed by atoms with Crippen LogP contribution in [0.4, 0.5) is 4.79 Å². The van der Waals surface area contributed by atoms with Gasteiger partial charge in [0.1, 0.15) is 0 Å². The lowest BCUT2D eigenvalue weighted by molar-refractivity contribution is -0.122. The van der Waals surface area contributed by atoms with Gasteiger partial charge in [0, 0.05) is 17.3 Å². The highest BCUT2D eigenvalue weighted by molar-refractivity contribution is 6.07. The maximum atomic E-state index is 12.4. The fourth-order valence-electron chi connectivity index (χ4n) is 4.12. The van der Waals surface area contributed by atoms with Crippen molar-refractivity contribution in [2.45, 2.75) is 31.6 Å². The molecule has 0 bridgehead atoms. The lowest BCUT2D eigenvalue weighted by atomic mass is 9.83. The Morgan fingerprint density at radius 2 is 1.92 bits per heavy atom. The first-order valence-corrected chi connectivity index (χ1v) is 8.58. The van der Waals surface area contributed by atoms with Crippen LogP contribution in [-0.4, -0.2) is 33.7 Å². The number of aromatic nitrogens is 3. The Labute approximate surface area is 143 Å². The fourth-order valence-corrected chi connectivity index (χ4v) is 4.12. The molecule has 1 fully saturated rings. The summed E-state index contributed by atoms with van der Waals surface area (Å²) in [5, 5.41) is 14.5. The van der Waals surface area contributed by atoms with Crippen LogP contribution < -0.4 is 10.6 Å². The Kier molecular flexibility index (Phi) is 3.03. The summed E-state index contributed by atoms with van der Waals surface area (Å²) >= 11 is 0. The first-order valence-electron chi connectivity index (χ1n) is 8.58. The number of nitrogens with one attached hydrogen (secondary N) is 3. The summed E-state index contributed by atoms with van der Waals surface area (Å²) < 4.78 is 0. The topological polar surface area (TPSA) is 99.8 Å². The van der Waals surface area contributed by atoms with Gasteiger partial charge in [-0.3, -0.25) is 20.2 Å². The number of carbonyl (C=O) groups excluding carboxylic acids is 2. The normalized spacial score (nSPS) is 20.4. The SMILES string of the molecule is O=C1NCC(c2nc3ccc4[nH]ncc4c3c3c2CCCC3)C(=O)N1.